The van der Waals surface area contributed by atoms with Gasteiger partial charge in [0.2, 0.25) is 12.3 Å². The molecule has 3 N–H and O–H groups in total. The number of pyridine rings is 1. The van der Waals surface area contributed by atoms with Gasteiger partial charge in [0.15, 0.2) is 17.5 Å². The molecule has 4 rings (SSSR count). The molecule has 2 saturated heterocycles. The first-order valence-corrected chi connectivity index (χ1v) is 12.2. The molecule has 2 aromatic heterocycles. The summed E-state index contributed by atoms with van der Waals surface area (Å²) in [5.74, 6) is -1.95. The van der Waals surface area contributed by atoms with Crippen LogP contribution < -0.4 is 10.6 Å². The molecule has 0 saturated carbocycles. The van der Waals surface area contributed by atoms with E-state index in [4.69, 9.17) is 4.84 Å². The van der Waals surface area contributed by atoms with Crippen LogP contribution in [-0.2, 0) is 30.6 Å². The van der Waals surface area contributed by atoms with Crippen LogP contribution in [0.3, 0.4) is 0 Å². The fourth-order valence-electron chi connectivity index (χ4n) is 3.49. The average Bonchev–Trinajstić information content (AvgIpc) is 3.33. The molecule has 4 heterocycles. The van der Waals surface area contributed by atoms with Gasteiger partial charge in [-0.25, -0.2) is 4.98 Å². The van der Waals surface area contributed by atoms with E-state index < -0.39 is 34.6 Å². The van der Waals surface area contributed by atoms with E-state index in [2.05, 4.69) is 32.3 Å². The van der Waals surface area contributed by atoms with Gasteiger partial charge in [0.25, 0.3) is 5.91 Å². The van der Waals surface area contributed by atoms with Crippen LogP contribution >= 0.6 is 23.1 Å². The highest BCUT2D eigenvalue weighted by Gasteiger charge is 2.56. The number of carbonyl (C=O) groups excluding carboxylic acids is 3. The highest BCUT2D eigenvalue weighted by atomic mass is 32.2. The zero-order valence-corrected chi connectivity index (χ0v) is 19.8. The Labute approximate surface area is 207 Å². The molecule has 2 aromatic rings. The Kier molecular flexibility index (Phi) is 7.12. The molecule has 0 aromatic carbocycles. The van der Waals surface area contributed by atoms with Gasteiger partial charge in [-0.1, -0.05) is 17.3 Å². The van der Waals surface area contributed by atoms with Crippen LogP contribution in [0.4, 0.5) is 5.13 Å². The van der Waals surface area contributed by atoms with Crippen LogP contribution in [0.2, 0.25) is 0 Å². The van der Waals surface area contributed by atoms with Gasteiger partial charge >= 0.3 is 5.97 Å². The zero-order valence-electron chi connectivity index (χ0n) is 18.1. The number of hydrogen-bond donors (Lipinski definition) is 3. The second kappa shape index (κ2) is 10.2. The van der Waals surface area contributed by atoms with Crippen molar-refractivity contribution in [3.05, 3.63) is 53.8 Å². The number of anilines is 1. The maximum Gasteiger partial charge on any atom is 0.316 e. The lowest BCUT2D eigenvalue weighted by Crippen LogP contribution is -2.73. The molecule has 12 nitrogen and oxygen atoms in total. The lowest BCUT2D eigenvalue weighted by atomic mass is 9.87. The van der Waals surface area contributed by atoms with Gasteiger partial charge < -0.3 is 25.5 Å². The number of hydrogen-bond acceptors (Lipinski definition) is 10. The summed E-state index contributed by atoms with van der Waals surface area (Å²) in [6.07, 6.45) is 3.39. The Morgan fingerprint density at radius 2 is 2.26 bits per heavy atom. The fourth-order valence-corrected chi connectivity index (χ4v) is 5.69. The first-order chi connectivity index (χ1) is 16.9. The second-order valence-corrected chi connectivity index (χ2v) is 9.58. The van der Waals surface area contributed by atoms with Crippen LogP contribution in [0, 0.1) is 5.41 Å². The zero-order chi connectivity index (χ0) is 25.0. The highest BCUT2D eigenvalue weighted by Crippen LogP contribution is 2.42. The van der Waals surface area contributed by atoms with Crippen molar-refractivity contribution >= 4 is 58.1 Å². The van der Waals surface area contributed by atoms with Crippen molar-refractivity contribution in [2.75, 3.05) is 17.6 Å². The molecule has 2 aliphatic rings. The Hall–Kier alpha value is -3.78. The number of aliphatic carboxylic acids is 1. The van der Waals surface area contributed by atoms with E-state index in [0.29, 0.717) is 12.1 Å². The summed E-state index contributed by atoms with van der Waals surface area (Å²) >= 11 is 2.34. The number of thioether (sulfide) groups is 1. The minimum Gasteiger partial charge on any atom is -0.481 e. The van der Waals surface area contributed by atoms with Crippen LogP contribution in [0.1, 0.15) is 11.4 Å². The molecular formula is C21H20N6O6S2. The second-order valence-electron chi connectivity index (χ2n) is 7.62. The third-order valence-corrected chi connectivity index (χ3v) is 7.77. The minimum absolute atomic E-state index is 0.00532. The summed E-state index contributed by atoms with van der Waals surface area (Å²) in [5.41, 5.74) is -0.686. The van der Waals surface area contributed by atoms with E-state index in [1.807, 2.05) is 0 Å². The van der Waals surface area contributed by atoms with E-state index in [9.17, 15) is 24.3 Å². The number of β-lactam (4-membered cyclic amide) rings is 1. The molecule has 2 fully saturated rings. The van der Waals surface area contributed by atoms with E-state index in [0.717, 1.165) is 11.3 Å². The van der Waals surface area contributed by atoms with Gasteiger partial charge in [0.05, 0.1) is 5.69 Å². The van der Waals surface area contributed by atoms with Crippen molar-refractivity contribution in [3.63, 3.8) is 0 Å². The molecule has 182 valence electrons. The quantitative estimate of drug-likeness (QED) is 0.135. The normalized spacial score (nSPS) is 23.5. The molecule has 14 heteroatoms. The van der Waals surface area contributed by atoms with Crippen molar-refractivity contribution in [2.24, 2.45) is 10.6 Å². The summed E-state index contributed by atoms with van der Waals surface area (Å²) in [6, 6.07) is 4.39. The monoisotopic (exact) mass is 516 g/mol. The molecule has 35 heavy (non-hydrogen) atoms. The fraction of sp³-hybridized carbons (Fsp3) is 0.286. The molecule has 3 atom stereocenters. The molecule has 0 bridgehead atoms. The summed E-state index contributed by atoms with van der Waals surface area (Å²) in [7, 11) is 0. The Morgan fingerprint density at radius 1 is 1.43 bits per heavy atom. The Balaban J connectivity index is 1.49. The van der Waals surface area contributed by atoms with E-state index in [1.54, 1.807) is 24.4 Å². The molecule has 2 aliphatic heterocycles. The summed E-state index contributed by atoms with van der Waals surface area (Å²) in [4.78, 5) is 63.3. The van der Waals surface area contributed by atoms with Gasteiger partial charge in [0, 0.05) is 23.9 Å². The first kappa shape index (κ1) is 24.3. The maximum atomic E-state index is 13.1. The van der Waals surface area contributed by atoms with E-state index in [1.165, 1.54) is 28.1 Å². The van der Waals surface area contributed by atoms with Crippen LogP contribution in [0.5, 0.6) is 0 Å². The molecule has 0 radical (unpaired) electrons. The van der Waals surface area contributed by atoms with Crippen LogP contribution in [0.25, 0.3) is 0 Å². The Bertz CT molecular complexity index is 1190. The largest absolute Gasteiger partial charge is 0.481 e. The van der Waals surface area contributed by atoms with E-state index in [-0.39, 0.29) is 35.4 Å². The van der Waals surface area contributed by atoms with Gasteiger partial charge in [-0.15, -0.1) is 29.7 Å². The number of nitrogens with one attached hydrogen (secondary N) is 2. The first-order valence-electron chi connectivity index (χ1n) is 10.2. The van der Waals surface area contributed by atoms with Gasteiger partial charge in [-0.2, -0.15) is 0 Å². The van der Waals surface area contributed by atoms with Crippen molar-refractivity contribution in [2.45, 2.75) is 18.0 Å². The van der Waals surface area contributed by atoms with Gasteiger partial charge in [-0.3, -0.25) is 24.2 Å². The molecule has 0 spiro atoms. The van der Waals surface area contributed by atoms with E-state index >= 15 is 0 Å². The number of thiazole rings is 1. The average molecular weight is 517 g/mol. The maximum absolute atomic E-state index is 13.1. The minimum atomic E-state index is -1.24. The number of fused-ring (bicyclic) bond motifs is 1. The predicted molar refractivity (Wildman–Crippen MR) is 128 cm³/mol. The molecule has 3 amide bonds. The molecular weight excluding hydrogens is 496 g/mol. The Morgan fingerprint density at radius 3 is 2.94 bits per heavy atom. The van der Waals surface area contributed by atoms with Crippen molar-refractivity contribution in [1.29, 1.82) is 0 Å². The number of amides is 3. The summed E-state index contributed by atoms with van der Waals surface area (Å²) in [5, 5.41) is 19.9. The molecule has 2 unspecified atom stereocenters. The number of carbonyl (C=O) groups is 4. The SMILES string of the molecule is C=CC1(C(=O)O)CS[C@@H]2C(NC(=O)C(=NOCc3ccccn3)c3csc(NC=O)n3)C(=O)N2C1. The van der Waals surface area contributed by atoms with Crippen molar-refractivity contribution < 1.29 is 29.1 Å². The number of carboxylic acid groups (broad SMARTS) is 1. The number of carboxylic acids is 1. The summed E-state index contributed by atoms with van der Waals surface area (Å²) < 4.78 is 0. The number of rotatable bonds is 10. The number of nitrogens with zero attached hydrogens (tertiary/aromatic N) is 4. The standard InChI is InChI=1S/C21H20N6O6S2/c1-2-21(19(31)32)9-27-17(30)15(18(27)35-10-21)25-16(29)14(13-8-34-20(24-13)23-11-28)26-33-7-12-5-3-4-6-22-12/h2-6,8,11,15,18H,1,7,9-10H2,(H,25,29)(H,31,32)(H,23,24,28)/t15?,18-,21?/m1/s1. The third kappa shape index (κ3) is 4.88. The third-order valence-electron chi connectivity index (χ3n) is 5.45. The summed E-state index contributed by atoms with van der Waals surface area (Å²) in [6.45, 7) is 3.58. The predicted octanol–water partition coefficient (Wildman–Crippen LogP) is 0.684. The highest BCUT2D eigenvalue weighted by molar-refractivity contribution is 8.00. The number of oxime groups is 1. The lowest BCUT2D eigenvalue weighted by Gasteiger charge is -2.53. The van der Waals surface area contributed by atoms with Crippen molar-refractivity contribution in [1.82, 2.24) is 20.2 Å². The van der Waals surface area contributed by atoms with Crippen LogP contribution in [0.15, 0.2) is 47.6 Å². The topological polar surface area (TPSA) is 163 Å². The van der Waals surface area contributed by atoms with Gasteiger partial charge in [-0.05, 0) is 12.1 Å². The van der Waals surface area contributed by atoms with Crippen molar-refractivity contribution in [3.8, 4) is 0 Å². The molecule has 0 aliphatic carbocycles. The number of aromatic nitrogens is 2. The van der Waals surface area contributed by atoms with Gasteiger partial charge in [0.1, 0.15) is 22.5 Å². The lowest BCUT2D eigenvalue weighted by molar-refractivity contribution is -0.156. The van der Waals surface area contributed by atoms with Crippen LogP contribution in [-0.4, -0.2) is 73.6 Å². The smallest absolute Gasteiger partial charge is 0.316 e.